The van der Waals surface area contributed by atoms with Crippen LogP contribution in [-0.4, -0.2) is 17.7 Å². The van der Waals surface area contributed by atoms with Gasteiger partial charge >= 0.3 is 0 Å². The van der Waals surface area contributed by atoms with E-state index in [9.17, 15) is 13.6 Å². The number of nitrogens with one attached hydrogen (secondary N) is 2. The Kier molecular flexibility index (Phi) is 3.88. The van der Waals surface area contributed by atoms with Gasteiger partial charge in [0.15, 0.2) is 0 Å². The minimum atomic E-state index is -0.435. The average molecular weight is 294 g/mol. The minimum absolute atomic E-state index is 0.0280. The monoisotopic (exact) mass is 294 g/mol. The number of aromatic amines is 1. The van der Waals surface area contributed by atoms with E-state index in [2.05, 4.69) is 10.5 Å². The van der Waals surface area contributed by atoms with Gasteiger partial charge in [0.1, 0.15) is 17.4 Å². The smallest absolute Gasteiger partial charge is 0.280 e. The molecule has 4 nitrogen and oxygen atoms in total. The van der Waals surface area contributed by atoms with Gasteiger partial charge in [-0.05, 0) is 49.6 Å². The molecule has 0 radical (unpaired) electrons. The van der Waals surface area contributed by atoms with Crippen LogP contribution < -0.4 is 10.9 Å². The van der Waals surface area contributed by atoms with Crippen molar-refractivity contribution in [3.05, 3.63) is 57.6 Å². The molecule has 1 aliphatic rings. The predicted molar refractivity (Wildman–Crippen MR) is 73.2 cm³/mol. The summed E-state index contributed by atoms with van der Waals surface area (Å²) >= 11 is 0. The zero-order valence-corrected chi connectivity index (χ0v) is 11.4. The van der Waals surface area contributed by atoms with Crippen LogP contribution in [0.5, 0.6) is 0 Å². The highest BCUT2D eigenvalue weighted by Crippen LogP contribution is 2.28. The second-order valence-corrected chi connectivity index (χ2v) is 5.43. The molecule has 1 fully saturated rings. The summed E-state index contributed by atoms with van der Waals surface area (Å²) in [6.45, 7) is 0.751. The lowest BCUT2D eigenvalue weighted by Gasteiger charge is -2.29. The first-order chi connectivity index (χ1) is 10.1. The van der Waals surface area contributed by atoms with Gasteiger partial charge in [0.2, 0.25) is 0 Å². The Morgan fingerprint density at radius 3 is 2.90 bits per heavy atom. The Bertz CT molecular complexity index is 680. The third-order valence-electron chi connectivity index (χ3n) is 3.91. The number of rotatable bonds is 3. The van der Waals surface area contributed by atoms with Crippen LogP contribution in [0.25, 0.3) is 0 Å². The van der Waals surface area contributed by atoms with Crippen molar-refractivity contribution in [2.45, 2.75) is 31.2 Å². The maximum Gasteiger partial charge on any atom is 0.280 e. The van der Waals surface area contributed by atoms with Gasteiger partial charge in [0.05, 0.1) is 0 Å². The van der Waals surface area contributed by atoms with Gasteiger partial charge < -0.3 is 9.84 Å². The first-order valence-corrected chi connectivity index (χ1v) is 6.97. The summed E-state index contributed by atoms with van der Waals surface area (Å²) in [5, 5.41) is 5.59. The van der Waals surface area contributed by atoms with Crippen LogP contribution in [0.4, 0.5) is 8.78 Å². The zero-order valence-electron chi connectivity index (χ0n) is 11.4. The maximum absolute atomic E-state index is 13.7. The highest BCUT2D eigenvalue weighted by atomic mass is 19.1. The first kappa shape index (κ1) is 14.0. The van der Waals surface area contributed by atoms with Crippen LogP contribution in [0.2, 0.25) is 0 Å². The lowest BCUT2D eigenvalue weighted by molar-refractivity contribution is 0.291. The third kappa shape index (κ3) is 3.21. The molecular formula is C15H16F2N2O2. The lowest BCUT2D eigenvalue weighted by atomic mass is 9.87. The van der Waals surface area contributed by atoms with Crippen molar-refractivity contribution in [3.8, 4) is 0 Å². The topological polar surface area (TPSA) is 58.0 Å². The normalized spacial score (nSPS) is 22.4. The van der Waals surface area contributed by atoms with Crippen molar-refractivity contribution in [1.29, 1.82) is 0 Å². The van der Waals surface area contributed by atoms with Crippen LogP contribution in [0, 0.1) is 11.6 Å². The van der Waals surface area contributed by atoms with Crippen LogP contribution in [0.3, 0.4) is 0 Å². The van der Waals surface area contributed by atoms with Crippen molar-refractivity contribution < 1.29 is 13.3 Å². The van der Waals surface area contributed by atoms with Gasteiger partial charge in [0.25, 0.3) is 5.56 Å². The van der Waals surface area contributed by atoms with Gasteiger partial charge in [-0.2, -0.15) is 5.16 Å². The van der Waals surface area contributed by atoms with Gasteiger partial charge in [-0.1, -0.05) is 0 Å². The number of halogens is 2. The van der Waals surface area contributed by atoms with Crippen molar-refractivity contribution in [2.24, 2.45) is 0 Å². The molecule has 0 aliphatic carbocycles. The molecule has 112 valence electrons. The molecule has 3 rings (SSSR count). The minimum Gasteiger partial charge on any atom is -0.383 e. The summed E-state index contributed by atoms with van der Waals surface area (Å²) in [5.41, 5.74) is 0.111. The van der Waals surface area contributed by atoms with Crippen LogP contribution >= 0.6 is 0 Å². The molecule has 2 atom stereocenters. The largest absolute Gasteiger partial charge is 0.383 e. The summed E-state index contributed by atoms with van der Waals surface area (Å²) < 4.78 is 32.0. The quantitative estimate of drug-likeness (QED) is 0.913. The highest BCUT2D eigenvalue weighted by Gasteiger charge is 2.26. The maximum atomic E-state index is 13.7. The van der Waals surface area contributed by atoms with E-state index in [0.717, 1.165) is 31.5 Å². The number of benzene rings is 1. The molecule has 1 aromatic heterocycles. The fraction of sp³-hybridized carbons (Fsp3) is 0.400. The van der Waals surface area contributed by atoms with E-state index < -0.39 is 11.6 Å². The van der Waals surface area contributed by atoms with Gasteiger partial charge in [-0.15, -0.1) is 0 Å². The predicted octanol–water partition coefficient (Wildman–Crippen LogP) is 2.32. The standard InChI is InChI=1S/C15H16F2N2O2/c16-11-1-2-13(17)10(5-11)7-12-6-9(3-4-18-12)14-8-15(20)19-21-14/h1-2,5,8-9,12,18H,3-4,6-7H2,(H,19,20)/t9-,12-/m0/s1. The van der Waals surface area contributed by atoms with E-state index in [1.807, 2.05) is 0 Å². The molecule has 2 N–H and O–H groups in total. The highest BCUT2D eigenvalue weighted by molar-refractivity contribution is 5.20. The van der Waals surface area contributed by atoms with E-state index in [-0.39, 0.29) is 17.5 Å². The van der Waals surface area contributed by atoms with Gasteiger partial charge in [-0.25, -0.2) is 8.78 Å². The second kappa shape index (κ2) is 5.81. The van der Waals surface area contributed by atoms with Crippen molar-refractivity contribution in [2.75, 3.05) is 6.54 Å². The van der Waals surface area contributed by atoms with Crippen LogP contribution in [0.15, 0.2) is 33.6 Å². The summed E-state index contributed by atoms with van der Waals surface area (Å²) in [6, 6.07) is 4.98. The fourth-order valence-electron chi connectivity index (χ4n) is 2.88. The molecule has 6 heteroatoms. The average Bonchev–Trinajstić information content (AvgIpc) is 2.90. The van der Waals surface area contributed by atoms with Crippen molar-refractivity contribution >= 4 is 0 Å². The Hall–Kier alpha value is -1.95. The molecule has 21 heavy (non-hydrogen) atoms. The molecule has 0 spiro atoms. The molecule has 0 saturated carbocycles. The molecule has 0 bridgehead atoms. The van der Waals surface area contributed by atoms with E-state index in [1.165, 1.54) is 12.1 Å². The molecule has 1 saturated heterocycles. The van der Waals surface area contributed by atoms with Crippen molar-refractivity contribution in [1.82, 2.24) is 10.5 Å². The van der Waals surface area contributed by atoms with E-state index in [4.69, 9.17) is 4.52 Å². The fourth-order valence-corrected chi connectivity index (χ4v) is 2.88. The van der Waals surface area contributed by atoms with E-state index in [0.29, 0.717) is 17.7 Å². The summed E-state index contributed by atoms with van der Waals surface area (Å²) in [4.78, 5) is 11.1. The SMILES string of the molecule is O=c1cc([C@H]2CCN[C@H](Cc3cc(F)ccc3F)C2)o[nH]1. The first-order valence-electron chi connectivity index (χ1n) is 6.97. The number of aromatic nitrogens is 1. The molecule has 2 aromatic rings. The number of hydrogen-bond donors (Lipinski definition) is 2. The van der Waals surface area contributed by atoms with Gasteiger partial charge in [-0.3, -0.25) is 4.79 Å². The Balaban J connectivity index is 1.71. The Morgan fingerprint density at radius 1 is 1.29 bits per heavy atom. The molecule has 0 amide bonds. The molecular weight excluding hydrogens is 278 g/mol. The van der Waals surface area contributed by atoms with Crippen LogP contribution in [-0.2, 0) is 6.42 Å². The Labute approximate surface area is 120 Å². The molecule has 1 aliphatic heterocycles. The lowest BCUT2D eigenvalue weighted by Crippen LogP contribution is -2.38. The van der Waals surface area contributed by atoms with E-state index in [1.54, 1.807) is 0 Å². The van der Waals surface area contributed by atoms with Crippen molar-refractivity contribution in [3.63, 3.8) is 0 Å². The second-order valence-electron chi connectivity index (χ2n) is 5.43. The number of H-pyrrole nitrogens is 1. The zero-order chi connectivity index (χ0) is 14.8. The number of piperidine rings is 1. The Morgan fingerprint density at radius 2 is 2.14 bits per heavy atom. The van der Waals surface area contributed by atoms with E-state index >= 15 is 0 Å². The summed E-state index contributed by atoms with van der Waals surface area (Å²) in [7, 11) is 0. The third-order valence-corrected chi connectivity index (χ3v) is 3.91. The van der Waals surface area contributed by atoms with Gasteiger partial charge in [0, 0.05) is 18.0 Å². The number of hydrogen-bond acceptors (Lipinski definition) is 3. The summed E-state index contributed by atoms with van der Waals surface area (Å²) in [5.74, 6) is -0.0816. The van der Waals surface area contributed by atoms with Crippen LogP contribution in [0.1, 0.15) is 30.1 Å². The molecule has 1 aromatic carbocycles. The summed E-state index contributed by atoms with van der Waals surface area (Å²) in [6.07, 6.45) is 1.98. The molecule has 2 heterocycles. The molecule has 0 unspecified atom stereocenters.